The van der Waals surface area contributed by atoms with Crippen LogP contribution in [0.5, 0.6) is 5.75 Å². The molecule has 1 aromatic rings. The fraction of sp³-hybridized carbons (Fsp3) is 0.500. The molecule has 0 bridgehead atoms. The topological polar surface area (TPSA) is 78.4 Å². The summed E-state index contributed by atoms with van der Waals surface area (Å²) in [6, 6.07) is 4.73. The molecule has 1 aromatic carbocycles. The van der Waals surface area contributed by atoms with Gasteiger partial charge in [-0.15, -0.1) is 12.4 Å². The molecule has 0 amide bonds. The van der Waals surface area contributed by atoms with Gasteiger partial charge in [0, 0.05) is 12.1 Å². The van der Waals surface area contributed by atoms with Crippen LogP contribution >= 0.6 is 12.4 Å². The van der Waals surface area contributed by atoms with E-state index in [-0.39, 0.29) is 29.9 Å². The van der Waals surface area contributed by atoms with E-state index in [9.17, 15) is 10.1 Å². The van der Waals surface area contributed by atoms with Gasteiger partial charge in [-0.2, -0.15) is 0 Å². The number of halogens is 1. The number of benzene rings is 1. The molecule has 0 saturated carbocycles. The van der Waals surface area contributed by atoms with Crippen molar-refractivity contribution in [1.82, 2.24) is 0 Å². The van der Waals surface area contributed by atoms with Crippen molar-refractivity contribution in [3.63, 3.8) is 0 Å². The fourth-order valence-corrected chi connectivity index (χ4v) is 1.67. The van der Waals surface area contributed by atoms with Gasteiger partial charge in [-0.3, -0.25) is 10.1 Å². The molecular weight excluding hydrogens is 256 g/mol. The van der Waals surface area contributed by atoms with E-state index in [2.05, 4.69) is 6.92 Å². The second-order valence-corrected chi connectivity index (χ2v) is 3.94. The molecule has 0 aliphatic carbocycles. The molecule has 2 N–H and O–H groups in total. The average molecular weight is 275 g/mol. The van der Waals surface area contributed by atoms with E-state index >= 15 is 0 Å². The van der Waals surface area contributed by atoms with Crippen LogP contribution in [0.3, 0.4) is 0 Å². The smallest absolute Gasteiger partial charge is 0.311 e. The van der Waals surface area contributed by atoms with Gasteiger partial charge in [-0.05, 0) is 18.1 Å². The molecular formula is C12H19ClN2O3. The second-order valence-electron chi connectivity index (χ2n) is 3.94. The van der Waals surface area contributed by atoms with Crippen LogP contribution in [-0.4, -0.2) is 12.0 Å². The first-order valence-electron chi connectivity index (χ1n) is 5.68. The number of methoxy groups -OCH3 is 1. The summed E-state index contributed by atoms with van der Waals surface area (Å²) in [4.78, 5) is 10.4. The Kier molecular flexibility index (Phi) is 7.31. The number of rotatable bonds is 6. The van der Waals surface area contributed by atoms with Crippen LogP contribution in [0.15, 0.2) is 18.2 Å². The standard InChI is InChI=1S/C12H18N2O3.ClH/c1-3-4-5-10(13)9-6-7-12(17-2)11(8-9)14(15)16;/h6-8,10H,3-5,13H2,1-2H3;1H/t10-;/m1./s1. The summed E-state index contributed by atoms with van der Waals surface area (Å²) in [6.07, 6.45) is 2.91. The number of nitrogens with zero attached hydrogens (tertiary/aromatic N) is 1. The van der Waals surface area contributed by atoms with Crippen molar-refractivity contribution in [2.45, 2.75) is 32.2 Å². The molecule has 1 atom stereocenters. The highest BCUT2D eigenvalue weighted by Gasteiger charge is 2.17. The lowest BCUT2D eigenvalue weighted by atomic mass is 10.0. The Labute approximate surface area is 113 Å². The number of hydrogen-bond donors (Lipinski definition) is 1. The molecule has 0 aromatic heterocycles. The highest BCUT2D eigenvalue weighted by molar-refractivity contribution is 5.85. The van der Waals surface area contributed by atoms with Crippen molar-refractivity contribution in [2.24, 2.45) is 5.73 Å². The Bertz CT molecular complexity index is 399. The number of unbranched alkanes of at least 4 members (excludes halogenated alkanes) is 1. The molecule has 0 radical (unpaired) electrons. The van der Waals surface area contributed by atoms with E-state index < -0.39 is 4.92 Å². The zero-order chi connectivity index (χ0) is 12.8. The van der Waals surface area contributed by atoms with Gasteiger partial charge in [-0.25, -0.2) is 0 Å². The Morgan fingerprint density at radius 3 is 2.67 bits per heavy atom. The first-order chi connectivity index (χ1) is 8.10. The molecule has 0 heterocycles. The lowest BCUT2D eigenvalue weighted by Gasteiger charge is -2.12. The first kappa shape index (κ1) is 16.7. The lowest BCUT2D eigenvalue weighted by molar-refractivity contribution is -0.385. The molecule has 18 heavy (non-hydrogen) atoms. The fourth-order valence-electron chi connectivity index (χ4n) is 1.67. The van der Waals surface area contributed by atoms with Crippen molar-refractivity contribution in [1.29, 1.82) is 0 Å². The molecule has 0 unspecified atom stereocenters. The minimum atomic E-state index is -0.450. The van der Waals surface area contributed by atoms with Crippen LogP contribution in [0.25, 0.3) is 0 Å². The molecule has 0 fully saturated rings. The maximum absolute atomic E-state index is 10.9. The Morgan fingerprint density at radius 1 is 1.50 bits per heavy atom. The summed E-state index contributed by atoms with van der Waals surface area (Å²) in [5.41, 5.74) is 6.73. The third-order valence-electron chi connectivity index (χ3n) is 2.70. The molecule has 0 aliphatic heterocycles. The maximum Gasteiger partial charge on any atom is 0.311 e. The van der Waals surface area contributed by atoms with Crippen LogP contribution in [0.4, 0.5) is 5.69 Å². The highest BCUT2D eigenvalue weighted by atomic mass is 35.5. The lowest BCUT2D eigenvalue weighted by Crippen LogP contribution is -2.10. The summed E-state index contributed by atoms with van der Waals surface area (Å²) in [5, 5.41) is 10.9. The first-order valence-corrected chi connectivity index (χ1v) is 5.68. The monoisotopic (exact) mass is 274 g/mol. The third kappa shape index (κ3) is 4.16. The molecule has 5 nitrogen and oxygen atoms in total. The number of nitro groups is 1. The van der Waals surface area contributed by atoms with Gasteiger partial charge in [-0.1, -0.05) is 25.8 Å². The van der Waals surface area contributed by atoms with Gasteiger partial charge in [0.15, 0.2) is 5.75 Å². The summed E-state index contributed by atoms with van der Waals surface area (Å²) in [7, 11) is 1.42. The number of hydrogen-bond acceptors (Lipinski definition) is 4. The Morgan fingerprint density at radius 2 is 2.17 bits per heavy atom. The van der Waals surface area contributed by atoms with Crippen LogP contribution in [-0.2, 0) is 0 Å². The SMILES string of the molecule is CCCC[C@@H](N)c1ccc(OC)c([N+](=O)[O-])c1.Cl. The van der Waals surface area contributed by atoms with Gasteiger partial charge in [0.1, 0.15) is 0 Å². The summed E-state index contributed by atoms with van der Waals surface area (Å²) >= 11 is 0. The normalized spacial score (nSPS) is 11.5. The van der Waals surface area contributed by atoms with Gasteiger partial charge in [0.05, 0.1) is 12.0 Å². The second kappa shape index (κ2) is 7.89. The molecule has 0 spiro atoms. The minimum absolute atomic E-state index is 0. The van der Waals surface area contributed by atoms with E-state index in [1.54, 1.807) is 12.1 Å². The molecule has 1 rings (SSSR count). The van der Waals surface area contributed by atoms with E-state index in [0.29, 0.717) is 0 Å². The van der Waals surface area contributed by atoms with Gasteiger partial charge < -0.3 is 10.5 Å². The van der Waals surface area contributed by atoms with E-state index in [1.807, 2.05) is 0 Å². The van der Waals surface area contributed by atoms with Crippen molar-refractivity contribution in [3.8, 4) is 5.75 Å². The largest absolute Gasteiger partial charge is 0.490 e. The van der Waals surface area contributed by atoms with Crippen molar-refractivity contribution >= 4 is 18.1 Å². The van der Waals surface area contributed by atoms with E-state index in [0.717, 1.165) is 24.8 Å². The number of nitrogens with two attached hydrogens (primary N) is 1. The van der Waals surface area contributed by atoms with Crippen LogP contribution in [0.1, 0.15) is 37.8 Å². The quantitative estimate of drug-likeness (QED) is 0.638. The van der Waals surface area contributed by atoms with E-state index in [1.165, 1.54) is 13.2 Å². The zero-order valence-electron chi connectivity index (χ0n) is 10.6. The summed E-state index contributed by atoms with van der Waals surface area (Å²) in [5.74, 6) is 0.265. The van der Waals surface area contributed by atoms with Crippen molar-refractivity contribution in [2.75, 3.05) is 7.11 Å². The maximum atomic E-state index is 10.9. The van der Waals surface area contributed by atoms with Crippen LogP contribution < -0.4 is 10.5 Å². The predicted octanol–water partition coefficient (Wildman–Crippen LogP) is 3.22. The van der Waals surface area contributed by atoms with Crippen molar-refractivity contribution < 1.29 is 9.66 Å². The van der Waals surface area contributed by atoms with Crippen molar-refractivity contribution in [3.05, 3.63) is 33.9 Å². The van der Waals surface area contributed by atoms with E-state index in [4.69, 9.17) is 10.5 Å². The minimum Gasteiger partial charge on any atom is -0.490 e. The van der Waals surface area contributed by atoms with Gasteiger partial charge in [0.2, 0.25) is 0 Å². The van der Waals surface area contributed by atoms with Gasteiger partial charge in [0.25, 0.3) is 0 Å². The third-order valence-corrected chi connectivity index (χ3v) is 2.70. The Hall–Kier alpha value is -1.33. The molecule has 0 aliphatic rings. The zero-order valence-corrected chi connectivity index (χ0v) is 11.4. The molecule has 6 heteroatoms. The molecule has 102 valence electrons. The van der Waals surface area contributed by atoms with Gasteiger partial charge >= 0.3 is 5.69 Å². The summed E-state index contributed by atoms with van der Waals surface area (Å²) in [6.45, 7) is 2.09. The summed E-state index contributed by atoms with van der Waals surface area (Å²) < 4.78 is 4.94. The van der Waals surface area contributed by atoms with Crippen LogP contribution in [0.2, 0.25) is 0 Å². The number of nitro benzene ring substituents is 1. The number of ether oxygens (including phenoxy) is 1. The molecule has 0 saturated heterocycles. The van der Waals surface area contributed by atoms with Crippen LogP contribution in [0, 0.1) is 10.1 Å². The predicted molar refractivity (Wildman–Crippen MR) is 73.3 cm³/mol. The highest BCUT2D eigenvalue weighted by Crippen LogP contribution is 2.30. The Balaban J connectivity index is 0.00000289. The average Bonchev–Trinajstić information content (AvgIpc) is 2.34.